The lowest BCUT2D eigenvalue weighted by Crippen LogP contribution is -2.34. The van der Waals surface area contributed by atoms with Gasteiger partial charge in [-0.2, -0.15) is 0 Å². The van der Waals surface area contributed by atoms with E-state index < -0.39 is 0 Å². The third kappa shape index (κ3) is 4.42. The fourth-order valence-electron chi connectivity index (χ4n) is 3.40. The van der Waals surface area contributed by atoms with Crippen molar-refractivity contribution in [3.05, 3.63) is 46.2 Å². The molecular formula is C20H24N2O4S. The number of ether oxygens (including phenoxy) is 2. The van der Waals surface area contributed by atoms with E-state index in [1.54, 1.807) is 20.3 Å². The largest absolute Gasteiger partial charge is 0.497 e. The van der Waals surface area contributed by atoms with Crippen molar-refractivity contribution in [1.29, 1.82) is 0 Å². The van der Waals surface area contributed by atoms with Gasteiger partial charge in [0.05, 0.1) is 25.1 Å². The molecule has 1 fully saturated rings. The average molecular weight is 388 g/mol. The molecule has 1 aromatic carbocycles. The molecule has 3 rings (SSSR count). The lowest BCUT2D eigenvalue weighted by molar-refractivity contribution is -0.132. The highest BCUT2D eigenvalue weighted by atomic mass is 32.1. The van der Waals surface area contributed by atoms with Crippen molar-refractivity contribution < 1.29 is 19.1 Å². The van der Waals surface area contributed by atoms with Crippen LogP contribution in [0.3, 0.4) is 0 Å². The predicted octanol–water partition coefficient (Wildman–Crippen LogP) is 3.25. The number of nitrogens with zero attached hydrogens (tertiary/aromatic N) is 1. The van der Waals surface area contributed by atoms with Crippen LogP contribution in [-0.4, -0.2) is 44.0 Å². The fraction of sp³-hybridized carbons (Fsp3) is 0.400. The number of benzene rings is 1. The molecule has 0 unspecified atom stereocenters. The maximum Gasteiger partial charge on any atom is 0.261 e. The molecular weight excluding hydrogens is 364 g/mol. The Morgan fingerprint density at radius 2 is 2.11 bits per heavy atom. The molecule has 0 radical (unpaired) electrons. The second kappa shape index (κ2) is 8.90. The first-order valence-corrected chi connectivity index (χ1v) is 9.85. The maximum atomic E-state index is 12.7. The summed E-state index contributed by atoms with van der Waals surface area (Å²) < 4.78 is 10.8. The molecule has 0 saturated carbocycles. The molecule has 1 aromatic heterocycles. The number of rotatable bonds is 7. The summed E-state index contributed by atoms with van der Waals surface area (Å²) in [7, 11) is 3.24. The highest BCUT2D eigenvalue weighted by Gasteiger charge is 2.31. The minimum absolute atomic E-state index is 0.00801. The fourth-order valence-corrected chi connectivity index (χ4v) is 4.04. The summed E-state index contributed by atoms with van der Waals surface area (Å²) in [5.41, 5.74) is 0.992. The topological polar surface area (TPSA) is 67.9 Å². The molecule has 1 N–H and O–H groups in total. The first-order chi connectivity index (χ1) is 13.1. The number of carbonyl (C=O) groups excluding carboxylic acids is 2. The molecule has 27 heavy (non-hydrogen) atoms. The zero-order chi connectivity index (χ0) is 19.2. The number of likely N-dealkylation sites (tertiary alicyclic amines) is 1. The van der Waals surface area contributed by atoms with Crippen LogP contribution < -0.4 is 14.8 Å². The molecule has 1 saturated heterocycles. The SMILES string of the molecule is COc1ccc([C@H]2CCCN2C(=O)CCNC(=O)c2cccs2)c(OC)c1. The summed E-state index contributed by atoms with van der Waals surface area (Å²) in [6.45, 7) is 1.05. The molecule has 1 aliphatic heterocycles. The van der Waals surface area contributed by atoms with Crippen molar-refractivity contribution in [3.8, 4) is 11.5 Å². The second-order valence-corrected chi connectivity index (χ2v) is 7.28. The standard InChI is InChI=1S/C20H24N2O4S/c1-25-14-7-8-15(17(13-14)26-2)16-5-3-11-22(16)19(23)9-10-21-20(24)18-6-4-12-27-18/h4,6-8,12-13,16H,3,5,9-11H2,1-2H3,(H,21,24)/t16-/m1/s1. The van der Waals surface area contributed by atoms with Crippen molar-refractivity contribution in [2.24, 2.45) is 0 Å². The van der Waals surface area contributed by atoms with Crippen LogP contribution >= 0.6 is 11.3 Å². The van der Waals surface area contributed by atoms with Gasteiger partial charge in [0.1, 0.15) is 11.5 Å². The number of thiophene rings is 1. The quantitative estimate of drug-likeness (QED) is 0.791. The summed E-state index contributed by atoms with van der Waals surface area (Å²) in [5, 5.41) is 4.67. The molecule has 2 heterocycles. The van der Waals surface area contributed by atoms with Crippen molar-refractivity contribution in [1.82, 2.24) is 10.2 Å². The third-order valence-electron chi connectivity index (χ3n) is 4.74. The Labute approximate surface area is 163 Å². The van der Waals surface area contributed by atoms with Gasteiger partial charge in [-0.15, -0.1) is 11.3 Å². The second-order valence-electron chi connectivity index (χ2n) is 6.34. The van der Waals surface area contributed by atoms with Gasteiger partial charge in [-0.3, -0.25) is 9.59 Å². The highest BCUT2D eigenvalue weighted by Crippen LogP contribution is 2.38. The number of methoxy groups -OCH3 is 2. The number of amides is 2. The summed E-state index contributed by atoms with van der Waals surface area (Å²) in [6.07, 6.45) is 2.13. The molecule has 0 aliphatic carbocycles. The normalized spacial score (nSPS) is 16.2. The lowest BCUT2D eigenvalue weighted by atomic mass is 10.0. The molecule has 6 nitrogen and oxygen atoms in total. The summed E-state index contributed by atoms with van der Waals surface area (Å²) >= 11 is 1.39. The smallest absolute Gasteiger partial charge is 0.261 e. The van der Waals surface area contributed by atoms with Crippen LogP contribution in [-0.2, 0) is 4.79 Å². The molecule has 7 heteroatoms. The van der Waals surface area contributed by atoms with Crippen LogP contribution in [0.5, 0.6) is 11.5 Å². The molecule has 1 atom stereocenters. The molecule has 1 aliphatic rings. The number of carbonyl (C=O) groups is 2. The molecule has 0 bridgehead atoms. The van der Waals surface area contributed by atoms with Crippen LogP contribution in [0.4, 0.5) is 0 Å². The van der Waals surface area contributed by atoms with E-state index in [0.29, 0.717) is 11.4 Å². The zero-order valence-electron chi connectivity index (χ0n) is 15.6. The van der Waals surface area contributed by atoms with Crippen LogP contribution in [0.1, 0.15) is 40.5 Å². The van der Waals surface area contributed by atoms with Gasteiger partial charge in [0, 0.05) is 31.1 Å². The van der Waals surface area contributed by atoms with E-state index in [1.165, 1.54) is 11.3 Å². The summed E-state index contributed by atoms with van der Waals surface area (Å²) in [4.78, 5) is 27.3. The Bertz CT molecular complexity index is 791. The monoisotopic (exact) mass is 388 g/mol. The molecule has 0 spiro atoms. The zero-order valence-corrected chi connectivity index (χ0v) is 16.4. The lowest BCUT2D eigenvalue weighted by Gasteiger charge is -2.26. The van der Waals surface area contributed by atoms with Gasteiger partial charge < -0.3 is 19.7 Å². The third-order valence-corrected chi connectivity index (χ3v) is 5.61. The number of hydrogen-bond donors (Lipinski definition) is 1. The van der Waals surface area contributed by atoms with Crippen molar-refractivity contribution in [2.45, 2.75) is 25.3 Å². The van der Waals surface area contributed by atoms with Crippen LogP contribution in [0, 0.1) is 0 Å². The Morgan fingerprint density at radius 3 is 2.81 bits per heavy atom. The van der Waals surface area contributed by atoms with Crippen LogP contribution in [0.15, 0.2) is 35.7 Å². The summed E-state index contributed by atoms with van der Waals surface area (Å²) in [5.74, 6) is 1.36. The van der Waals surface area contributed by atoms with Gasteiger partial charge >= 0.3 is 0 Å². The minimum atomic E-state index is -0.132. The number of hydrogen-bond acceptors (Lipinski definition) is 5. The molecule has 2 aromatic rings. The van der Waals surface area contributed by atoms with Gasteiger partial charge in [0.25, 0.3) is 5.91 Å². The van der Waals surface area contributed by atoms with E-state index in [1.807, 2.05) is 34.5 Å². The van der Waals surface area contributed by atoms with Crippen molar-refractivity contribution >= 4 is 23.2 Å². The Kier molecular flexibility index (Phi) is 6.34. The van der Waals surface area contributed by atoms with E-state index in [-0.39, 0.29) is 24.3 Å². The van der Waals surface area contributed by atoms with E-state index in [0.717, 1.165) is 36.4 Å². The van der Waals surface area contributed by atoms with Gasteiger partial charge in [-0.1, -0.05) is 6.07 Å². The predicted molar refractivity (Wildman–Crippen MR) is 105 cm³/mol. The highest BCUT2D eigenvalue weighted by molar-refractivity contribution is 7.12. The van der Waals surface area contributed by atoms with Crippen molar-refractivity contribution in [3.63, 3.8) is 0 Å². The van der Waals surface area contributed by atoms with Gasteiger partial charge in [0.15, 0.2) is 0 Å². The first kappa shape index (κ1) is 19.2. The Hall–Kier alpha value is -2.54. The molecule has 144 valence electrons. The minimum Gasteiger partial charge on any atom is -0.497 e. The average Bonchev–Trinajstić information content (AvgIpc) is 3.39. The Balaban J connectivity index is 1.62. The maximum absolute atomic E-state index is 12.7. The van der Waals surface area contributed by atoms with Gasteiger partial charge in [-0.05, 0) is 36.4 Å². The van der Waals surface area contributed by atoms with Crippen LogP contribution in [0.25, 0.3) is 0 Å². The Morgan fingerprint density at radius 1 is 1.26 bits per heavy atom. The molecule has 2 amide bonds. The van der Waals surface area contributed by atoms with Gasteiger partial charge in [0.2, 0.25) is 5.91 Å². The van der Waals surface area contributed by atoms with Gasteiger partial charge in [-0.25, -0.2) is 0 Å². The van der Waals surface area contributed by atoms with E-state index in [9.17, 15) is 9.59 Å². The first-order valence-electron chi connectivity index (χ1n) is 8.97. The van der Waals surface area contributed by atoms with E-state index in [2.05, 4.69) is 5.32 Å². The van der Waals surface area contributed by atoms with E-state index in [4.69, 9.17) is 9.47 Å². The number of nitrogens with one attached hydrogen (secondary N) is 1. The van der Waals surface area contributed by atoms with Crippen molar-refractivity contribution in [2.75, 3.05) is 27.3 Å². The summed E-state index contributed by atoms with van der Waals surface area (Å²) in [6, 6.07) is 9.30. The van der Waals surface area contributed by atoms with Crippen LogP contribution in [0.2, 0.25) is 0 Å². The van der Waals surface area contributed by atoms with E-state index >= 15 is 0 Å².